The number of hydrogen-bond donors (Lipinski definition) is 6. The van der Waals surface area contributed by atoms with Crippen LogP contribution in [0.5, 0.6) is 0 Å². The SMILES string of the molecule is C=Cc1cn([C@@]2(O)O[C@H](CO)[C@@H](O)[C@]2(O)N(O)C(F)CCCCCCCCCCCCCCCCC)c(=O)[nH]c1=O. The van der Waals surface area contributed by atoms with Gasteiger partial charge in [0.25, 0.3) is 5.56 Å². The van der Waals surface area contributed by atoms with Crippen LogP contribution in [0.1, 0.15) is 115 Å². The molecule has 1 aromatic rings. The Morgan fingerprint density at radius 2 is 1.51 bits per heavy atom. The van der Waals surface area contributed by atoms with Gasteiger partial charge in [-0.25, -0.2) is 13.8 Å². The fourth-order valence-electron chi connectivity index (χ4n) is 5.35. The summed E-state index contributed by atoms with van der Waals surface area (Å²) in [6, 6.07) is 0. The molecule has 1 fully saturated rings. The molecule has 236 valence electrons. The highest BCUT2D eigenvalue weighted by Gasteiger charge is 2.71. The van der Waals surface area contributed by atoms with E-state index in [9.17, 15) is 35.2 Å². The first-order valence-corrected chi connectivity index (χ1v) is 15.1. The molecule has 11 nitrogen and oxygen atoms in total. The lowest BCUT2D eigenvalue weighted by Crippen LogP contribution is -2.69. The normalized spacial score (nSPS) is 25.2. The van der Waals surface area contributed by atoms with Crippen molar-refractivity contribution in [3.05, 3.63) is 39.2 Å². The topological polar surface area (TPSA) is 168 Å². The number of aromatic amines is 1. The Labute approximate surface area is 241 Å². The van der Waals surface area contributed by atoms with E-state index in [0.29, 0.717) is 17.4 Å². The number of aliphatic hydroxyl groups is 4. The van der Waals surface area contributed by atoms with Gasteiger partial charge >= 0.3 is 11.6 Å². The Morgan fingerprint density at radius 1 is 1.02 bits per heavy atom. The van der Waals surface area contributed by atoms with Crippen LogP contribution in [0, 0.1) is 0 Å². The number of rotatable bonds is 21. The van der Waals surface area contributed by atoms with Crippen LogP contribution in [0.25, 0.3) is 6.08 Å². The van der Waals surface area contributed by atoms with Crippen LogP contribution in [0.2, 0.25) is 0 Å². The second kappa shape index (κ2) is 17.3. The first kappa shape index (κ1) is 35.3. The van der Waals surface area contributed by atoms with Gasteiger partial charge in [-0.15, -0.1) is 5.06 Å². The van der Waals surface area contributed by atoms with Gasteiger partial charge in [-0.3, -0.25) is 9.78 Å². The summed E-state index contributed by atoms with van der Waals surface area (Å²) in [7, 11) is 0. The molecular formula is C29H50FN3O8. The number of hydrogen-bond acceptors (Lipinski definition) is 9. The highest BCUT2D eigenvalue weighted by molar-refractivity contribution is 5.43. The van der Waals surface area contributed by atoms with Gasteiger partial charge in [0.05, 0.1) is 12.2 Å². The Bertz CT molecular complexity index is 1040. The zero-order valence-corrected chi connectivity index (χ0v) is 24.3. The molecule has 0 aromatic carbocycles. The molecule has 0 saturated carbocycles. The van der Waals surface area contributed by atoms with Crippen molar-refractivity contribution in [3.63, 3.8) is 0 Å². The molecule has 2 heterocycles. The van der Waals surface area contributed by atoms with Crippen LogP contribution in [-0.2, 0) is 10.6 Å². The third-order valence-electron chi connectivity index (χ3n) is 7.92. The Balaban J connectivity index is 1.84. The van der Waals surface area contributed by atoms with Crippen LogP contribution in [-0.4, -0.2) is 71.1 Å². The van der Waals surface area contributed by atoms with Crippen molar-refractivity contribution in [2.45, 2.75) is 140 Å². The maximum atomic E-state index is 15.1. The van der Waals surface area contributed by atoms with Gasteiger partial charge in [-0.1, -0.05) is 109 Å². The number of unbranched alkanes of at least 4 members (excludes halogenated alkanes) is 14. The van der Waals surface area contributed by atoms with Crippen molar-refractivity contribution in [3.8, 4) is 0 Å². The maximum Gasteiger partial charge on any atom is 0.332 e. The number of ether oxygens (including phenoxy) is 1. The minimum Gasteiger partial charge on any atom is -0.394 e. The molecule has 0 bridgehead atoms. The molecule has 1 aromatic heterocycles. The van der Waals surface area contributed by atoms with Crippen LogP contribution in [0.3, 0.4) is 0 Å². The number of aromatic nitrogens is 2. The van der Waals surface area contributed by atoms with Crippen molar-refractivity contribution in [2.24, 2.45) is 0 Å². The van der Waals surface area contributed by atoms with E-state index in [1.165, 1.54) is 64.2 Å². The molecule has 1 unspecified atom stereocenters. The van der Waals surface area contributed by atoms with Crippen molar-refractivity contribution < 1.29 is 34.8 Å². The average molecular weight is 588 g/mol. The van der Waals surface area contributed by atoms with Crippen LogP contribution < -0.4 is 11.2 Å². The maximum absolute atomic E-state index is 15.1. The molecule has 5 atom stereocenters. The first-order valence-electron chi connectivity index (χ1n) is 15.1. The smallest absolute Gasteiger partial charge is 0.332 e. The second-order valence-corrected chi connectivity index (χ2v) is 11.1. The fourth-order valence-corrected chi connectivity index (χ4v) is 5.35. The molecule has 6 N–H and O–H groups in total. The molecule has 1 aliphatic rings. The number of nitrogens with zero attached hydrogens (tertiary/aromatic N) is 2. The fraction of sp³-hybridized carbons (Fsp3) is 0.793. The number of halogens is 1. The lowest BCUT2D eigenvalue weighted by Gasteiger charge is -2.43. The summed E-state index contributed by atoms with van der Waals surface area (Å²) >= 11 is 0. The van der Waals surface area contributed by atoms with E-state index in [-0.39, 0.29) is 17.0 Å². The highest BCUT2D eigenvalue weighted by Crippen LogP contribution is 2.44. The Kier molecular flexibility index (Phi) is 14.8. The molecule has 12 heteroatoms. The van der Waals surface area contributed by atoms with Gasteiger partial charge in [0.2, 0.25) is 5.72 Å². The number of H-pyrrole nitrogens is 1. The Morgan fingerprint density at radius 3 is 1.98 bits per heavy atom. The summed E-state index contributed by atoms with van der Waals surface area (Å²) in [4.78, 5) is 26.3. The van der Waals surface area contributed by atoms with E-state index in [1.54, 1.807) is 0 Å². The number of aliphatic hydroxyl groups excluding tert-OH is 2. The molecule has 0 spiro atoms. The van der Waals surface area contributed by atoms with Crippen molar-refractivity contribution >= 4 is 6.08 Å². The van der Waals surface area contributed by atoms with Gasteiger partial charge in [-0.05, 0) is 12.8 Å². The van der Waals surface area contributed by atoms with Crippen molar-refractivity contribution in [1.29, 1.82) is 0 Å². The third kappa shape index (κ3) is 8.79. The van der Waals surface area contributed by atoms with E-state index in [2.05, 4.69) is 13.5 Å². The van der Waals surface area contributed by atoms with E-state index < -0.39 is 48.0 Å². The molecule has 41 heavy (non-hydrogen) atoms. The molecular weight excluding hydrogens is 537 g/mol. The molecule has 1 aliphatic heterocycles. The van der Waals surface area contributed by atoms with E-state index >= 15 is 4.39 Å². The summed E-state index contributed by atoms with van der Waals surface area (Å²) in [5.74, 6) is -3.28. The van der Waals surface area contributed by atoms with Gasteiger partial charge in [0.15, 0.2) is 6.30 Å². The summed E-state index contributed by atoms with van der Waals surface area (Å²) < 4.78 is 20.6. The minimum absolute atomic E-state index is 0.218. The van der Waals surface area contributed by atoms with Crippen LogP contribution in [0.15, 0.2) is 22.4 Å². The van der Waals surface area contributed by atoms with Crippen LogP contribution in [0.4, 0.5) is 4.39 Å². The van der Waals surface area contributed by atoms with Gasteiger partial charge in [0.1, 0.15) is 12.2 Å². The molecule has 1 saturated heterocycles. The van der Waals surface area contributed by atoms with Gasteiger partial charge < -0.3 is 30.4 Å². The predicted molar refractivity (Wildman–Crippen MR) is 153 cm³/mol. The van der Waals surface area contributed by atoms with Crippen molar-refractivity contribution in [1.82, 2.24) is 14.6 Å². The quantitative estimate of drug-likeness (QED) is 0.0546. The average Bonchev–Trinajstić information content (AvgIpc) is 3.16. The highest BCUT2D eigenvalue weighted by atomic mass is 19.1. The largest absolute Gasteiger partial charge is 0.394 e. The molecule has 0 aliphatic carbocycles. The monoisotopic (exact) mass is 587 g/mol. The van der Waals surface area contributed by atoms with E-state index in [1.807, 2.05) is 4.98 Å². The Hall–Kier alpha value is -1.93. The first-order chi connectivity index (χ1) is 19.6. The van der Waals surface area contributed by atoms with Gasteiger partial charge in [0, 0.05) is 6.20 Å². The summed E-state index contributed by atoms with van der Waals surface area (Å²) in [6.45, 7) is 4.70. The summed E-state index contributed by atoms with van der Waals surface area (Å²) in [6.07, 6.45) is 12.2. The standard InChI is InChI=1S/C29H50FN3O8/c1-3-5-6-7-8-9-10-11-12-13-14-15-16-17-18-19-24(30)33(40)28(38)25(35)23(21-34)41-29(28,39)32-20-22(4-2)26(36)31-27(32)37/h4,20,23-25,34-35,38-40H,2-3,5-19,21H2,1H3,(H,31,36,37)/t23-,24?,25-,28-,29+/m1/s1. The van der Waals surface area contributed by atoms with E-state index in [0.717, 1.165) is 31.5 Å². The number of nitrogens with one attached hydrogen (secondary N) is 1. The molecule has 0 radical (unpaired) electrons. The lowest BCUT2D eigenvalue weighted by molar-refractivity contribution is -0.428. The predicted octanol–water partition coefficient (Wildman–Crippen LogP) is 3.47. The van der Waals surface area contributed by atoms with Crippen molar-refractivity contribution in [2.75, 3.05) is 6.61 Å². The van der Waals surface area contributed by atoms with Gasteiger partial charge in [-0.2, -0.15) is 0 Å². The molecule has 0 amide bonds. The summed E-state index contributed by atoms with van der Waals surface area (Å²) in [5.41, 5.74) is -5.68. The third-order valence-corrected chi connectivity index (χ3v) is 7.92. The zero-order chi connectivity index (χ0) is 30.5. The second-order valence-electron chi connectivity index (χ2n) is 11.1. The lowest BCUT2D eigenvalue weighted by atomic mass is 9.99. The molecule has 2 rings (SSSR count). The summed E-state index contributed by atoms with van der Waals surface area (Å²) in [5, 5.41) is 53.1. The minimum atomic E-state index is -3.32. The number of hydroxylamine groups is 2. The van der Waals surface area contributed by atoms with Crippen LogP contribution >= 0.6 is 0 Å². The zero-order valence-electron chi connectivity index (χ0n) is 24.3. The van der Waals surface area contributed by atoms with E-state index in [4.69, 9.17) is 4.74 Å². The number of alkyl halides is 1.